The molecule has 11 heteroatoms. The first-order valence-electron chi connectivity index (χ1n) is 10.2. The number of likely N-dealkylation sites (tertiary alicyclic amines) is 1. The average Bonchev–Trinajstić information content (AvgIpc) is 2.98. The first kappa shape index (κ1) is 24.0. The number of benzene rings is 1. The second-order valence-corrected chi connectivity index (χ2v) is 8.79. The highest BCUT2D eigenvalue weighted by molar-refractivity contribution is 6.18. The van der Waals surface area contributed by atoms with Gasteiger partial charge in [0.05, 0.1) is 18.1 Å². The number of carbonyl (C=O) groups is 4. The molecule has 10 nitrogen and oxygen atoms in total. The minimum Gasteiger partial charge on any atom is -0.480 e. The van der Waals surface area contributed by atoms with Gasteiger partial charge in [0.15, 0.2) is 5.54 Å². The number of carboxylic acids is 1. The molecule has 0 spiro atoms. The molecule has 1 unspecified atom stereocenters. The van der Waals surface area contributed by atoms with E-state index in [0.717, 1.165) is 4.90 Å². The lowest BCUT2D eigenvalue weighted by molar-refractivity contribution is -0.168. The Bertz CT molecular complexity index is 922. The van der Waals surface area contributed by atoms with Gasteiger partial charge in [0.2, 0.25) is 5.91 Å². The zero-order valence-corrected chi connectivity index (χ0v) is 18.4. The minimum atomic E-state index is -1.59. The fraction of sp³-hybridized carbons (Fsp3) is 0.524. The number of ether oxygens (including phenoxy) is 1. The van der Waals surface area contributed by atoms with Crippen LogP contribution in [-0.2, 0) is 20.8 Å². The van der Waals surface area contributed by atoms with E-state index < -0.39 is 53.5 Å². The van der Waals surface area contributed by atoms with Crippen LogP contribution in [0.25, 0.3) is 0 Å². The number of alkyl halides is 1. The summed E-state index contributed by atoms with van der Waals surface area (Å²) in [6.45, 7) is 3.42. The number of aliphatic carboxylic acids is 1. The van der Waals surface area contributed by atoms with Crippen molar-refractivity contribution in [1.29, 1.82) is 0 Å². The number of carbonyl (C=O) groups excluding carboxylic acids is 3. The van der Waals surface area contributed by atoms with Crippen molar-refractivity contribution in [2.45, 2.75) is 50.4 Å². The summed E-state index contributed by atoms with van der Waals surface area (Å²) in [6.07, 6.45) is -1.84. The van der Waals surface area contributed by atoms with Gasteiger partial charge in [0.25, 0.3) is 5.91 Å². The van der Waals surface area contributed by atoms with Gasteiger partial charge in [-0.05, 0) is 36.5 Å². The van der Waals surface area contributed by atoms with Gasteiger partial charge in [-0.15, -0.1) is 11.6 Å². The number of amides is 3. The number of carboxylic acid groups (broad SMARTS) is 1. The number of halogens is 1. The van der Waals surface area contributed by atoms with Gasteiger partial charge in [-0.3, -0.25) is 14.4 Å². The summed E-state index contributed by atoms with van der Waals surface area (Å²) in [4.78, 5) is 50.1. The van der Waals surface area contributed by atoms with Crippen LogP contribution in [0.1, 0.15) is 25.8 Å². The lowest BCUT2D eigenvalue weighted by Gasteiger charge is -2.53. The molecule has 3 amide bonds. The molecule has 0 radical (unpaired) electrons. The van der Waals surface area contributed by atoms with Crippen molar-refractivity contribution < 1.29 is 34.1 Å². The molecular weight excluding hydrogens is 442 g/mol. The Labute approximate surface area is 189 Å². The maximum absolute atomic E-state index is 13.0. The maximum atomic E-state index is 13.0. The molecule has 1 aromatic rings. The highest BCUT2D eigenvalue weighted by Crippen LogP contribution is 2.46. The van der Waals surface area contributed by atoms with Crippen LogP contribution in [0.4, 0.5) is 4.79 Å². The molecule has 2 aliphatic rings. The van der Waals surface area contributed by atoms with Crippen molar-refractivity contribution in [3.05, 3.63) is 29.8 Å². The van der Waals surface area contributed by atoms with Crippen LogP contribution < -0.4 is 15.8 Å². The van der Waals surface area contributed by atoms with Crippen molar-refractivity contribution >= 4 is 35.5 Å². The summed E-state index contributed by atoms with van der Waals surface area (Å²) in [6, 6.07) is 4.06. The highest BCUT2D eigenvalue weighted by Gasteiger charge is 2.74. The van der Waals surface area contributed by atoms with Crippen LogP contribution in [0.3, 0.4) is 0 Å². The largest absolute Gasteiger partial charge is 0.480 e. The molecular formula is C21H26ClN3O7. The van der Waals surface area contributed by atoms with E-state index in [2.05, 4.69) is 5.32 Å². The number of aliphatic hydroxyl groups excluding tert-OH is 1. The van der Waals surface area contributed by atoms with E-state index in [0.29, 0.717) is 5.56 Å². The summed E-state index contributed by atoms with van der Waals surface area (Å²) in [5.74, 6) is -3.15. The predicted molar refractivity (Wildman–Crippen MR) is 113 cm³/mol. The van der Waals surface area contributed by atoms with Crippen LogP contribution in [0.15, 0.2) is 24.3 Å². The van der Waals surface area contributed by atoms with Crippen LogP contribution in [0, 0.1) is 11.8 Å². The standard InChI is InChI=1S/C21H26ClN3O7/c1-10(2)16(26)21-15(13(7-8-22)17(27)24-21)25(19(21)30)20(31)32-12-5-3-11(4-6-12)9-14(23)18(28)29/h3-6,10,13-16,26H,7-9,23H2,1-2H3,(H,24,27)(H,28,29)/t13-,14?,15+,16+,21+/m0/s1. The number of fused-ring (bicyclic) bond motifs is 1. The van der Waals surface area contributed by atoms with Gasteiger partial charge >= 0.3 is 12.1 Å². The number of nitrogens with two attached hydrogens (primary N) is 1. The smallest absolute Gasteiger partial charge is 0.422 e. The highest BCUT2D eigenvalue weighted by atomic mass is 35.5. The zero-order chi connectivity index (χ0) is 23.8. The van der Waals surface area contributed by atoms with Gasteiger partial charge in [-0.25, -0.2) is 9.69 Å². The normalized spacial score (nSPS) is 26.2. The van der Waals surface area contributed by atoms with Gasteiger partial charge in [-0.1, -0.05) is 26.0 Å². The summed E-state index contributed by atoms with van der Waals surface area (Å²) < 4.78 is 5.32. The molecule has 2 saturated heterocycles. The number of hydrogen-bond donors (Lipinski definition) is 4. The van der Waals surface area contributed by atoms with E-state index in [9.17, 15) is 24.3 Å². The van der Waals surface area contributed by atoms with Crippen LogP contribution in [0.5, 0.6) is 5.75 Å². The molecule has 3 rings (SSSR count). The van der Waals surface area contributed by atoms with E-state index >= 15 is 0 Å². The molecule has 5 N–H and O–H groups in total. The number of imide groups is 1. The number of rotatable bonds is 8. The number of nitrogens with zero attached hydrogens (tertiary/aromatic N) is 1. The Balaban J connectivity index is 1.78. The summed E-state index contributed by atoms with van der Waals surface area (Å²) >= 11 is 5.83. The quantitative estimate of drug-likeness (QED) is 0.317. The molecule has 2 fully saturated rings. The van der Waals surface area contributed by atoms with Gasteiger partial charge in [0.1, 0.15) is 11.8 Å². The fourth-order valence-corrected chi connectivity index (χ4v) is 4.58. The van der Waals surface area contributed by atoms with Crippen molar-refractivity contribution in [2.24, 2.45) is 17.6 Å². The Hall–Kier alpha value is -2.69. The van der Waals surface area contributed by atoms with Gasteiger partial charge < -0.3 is 26.0 Å². The Morgan fingerprint density at radius 1 is 1.28 bits per heavy atom. The van der Waals surface area contributed by atoms with Crippen LogP contribution in [-0.4, -0.2) is 68.6 Å². The van der Waals surface area contributed by atoms with E-state index in [1.807, 2.05) is 0 Å². The molecule has 0 aromatic heterocycles. The number of nitrogens with one attached hydrogen (secondary N) is 1. The molecule has 2 aliphatic heterocycles. The minimum absolute atomic E-state index is 0.0970. The fourth-order valence-electron chi connectivity index (χ4n) is 4.34. The zero-order valence-electron chi connectivity index (χ0n) is 17.7. The molecule has 5 atom stereocenters. The summed E-state index contributed by atoms with van der Waals surface area (Å²) in [5.41, 5.74) is 4.56. The van der Waals surface area contributed by atoms with E-state index in [1.165, 1.54) is 12.1 Å². The van der Waals surface area contributed by atoms with Crippen LogP contribution >= 0.6 is 11.6 Å². The lowest BCUT2D eigenvalue weighted by Crippen LogP contribution is -2.82. The van der Waals surface area contributed by atoms with Crippen molar-refractivity contribution in [1.82, 2.24) is 10.2 Å². The Morgan fingerprint density at radius 2 is 1.91 bits per heavy atom. The molecule has 0 saturated carbocycles. The van der Waals surface area contributed by atoms with E-state index in [-0.39, 0.29) is 30.4 Å². The first-order chi connectivity index (χ1) is 15.0. The van der Waals surface area contributed by atoms with Crippen LogP contribution in [0.2, 0.25) is 0 Å². The molecule has 32 heavy (non-hydrogen) atoms. The van der Waals surface area contributed by atoms with Crippen molar-refractivity contribution in [3.63, 3.8) is 0 Å². The third kappa shape index (κ3) is 3.94. The third-order valence-electron chi connectivity index (χ3n) is 5.98. The molecule has 2 heterocycles. The third-order valence-corrected chi connectivity index (χ3v) is 6.20. The Kier molecular flexibility index (Phi) is 6.77. The molecule has 1 aromatic carbocycles. The second-order valence-electron chi connectivity index (χ2n) is 8.41. The SMILES string of the molecule is CC(C)[C@@H](O)[C@]12NC(=O)[C@@H](CCCl)[C@H]1N(C(=O)Oc1ccc(CC(N)C(=O)O)cc1)C2=O. The monoisotopic (exact) mass is 467 g/mol. The van der Waals surface area contributed by atoms with Crippen molar-refractivity contribution in [2.75, 3.05) is 5.88 Å². The number of hydrogen-bond acceptors (Lipinski definition) is 7. The summed E-state index contributed by atoms with van der Waals surface area (Å²) in [5, 5.41) is 22.2. The van der Waals surface area contributed by atoms with Gasteiger partial charge in [-0.2, -0.15) is 0 Å². The second kappa shape index (κ2) is 9.05. The Morgan fingerprint density at radius 3 is 2.44 bits per heavy atom. The summed E-state index contributed by atoms with van der Waals surface area (Å²) in [7, 11) is 0. The first-order valence-corrected chi connectivity index (χ1v) is 10.8. The maximum Gasteiger partial charge on any atom is 0.422 e. The average molecular weight is 468 g/mol. The molecule has 0 bridgehead atoms. The van der Waals surface area contributed by atoms with Gasteiger partial charge in [0, 0.05) is 5.88 Å². The number of aliphatic hydroxyl groups is 1. The van der Waals surface area contributed by atoms with E-state index in [1.54, 1.807) is 26.0 Å². The molecule has 0 aliphatic carbocycles. The lowest BCUT2D eigenvalue weighted by atomic mass is 9.69. The predicted octanol–water partition coefficient (Wildman–Crippen LogP) is 0.481. The van der Waals surface area contributed by atoms with Crippen molar-refractivity contribution in [3.8, 4) is 5.75 Å². The van der Waals surface area contributed by atoms with E-state index in [4.69, 9.17) is 27.2 Å². The molecule has 174 valence electrons. The topological polar surface area (TPSA) is 159 Å². The number of β-lactam (4-membered cyclic amide) rings is 1.